The lowest BCUT2D eigenvalue weighted by Gasteiger charge is -2.36. The van der Waals surface area contributed by atoms with Crippen molar-refractivity contribution in [2.45, 2.75) is 11.3 Å². The topological polar surface area (TPSA) is 78.4 Å². The lowest BCUT2D eigenvalue weighted by atomic mass is 10.2. The Morgan fingerprint density at radius 1 is 1.09 bits per heavy atom. The third-order valence-corrected chi connectivity index (χ3v) is 7.31. The minimum atomic E-state index is -0.304. The van der Waals surface area contributed by atoms with Crippen LogP contribution in [-0.4, -0.2) is 58.8 Å². The van der Waals surface area contributed by atoms with Crippen LogP contribution in [-0.2, 0) is 4.79 Å². The third kappa shape index (κ3) is 5.79. The van der Waals surface area contributed by atoms with Crippen molar-refractivity contribution in [2.24, 2.45) is 0 Å². The fourth-order valence-electron chi connectivity index (χ4n) is 3.28. The molecule has 0 aliphatic carbocycles. The quantitative estimate of drug-likeness (QED) is 0.525. The first-order valence-electron chi connectivity index (χ1n) is 10.1. The molecular formula is C22H22ClN5O2S2. The van der Waals surface area contributed by atoms with Gasteiger partial charge in [-0.15, -0.1) is 10.2 Å². The zero-order valence-corrected chi connectivity index (χ0v) is 19.8. The van der Waals surface area contributed by atoms with Crippen LogP contribution in [0.4, 0.5) is 11.4 Å². The largest absolute Gasteiger partial charge is 0.368 e. The van der Waals surface area contributed by atoms with Gasteiger partial charge in [-0.1, -0.05) is 58.5 Å². The maximum Gasteiger partial charge on any atom is 0.286 e. The van der Waals surface area contributed by atoms with Gasteiger partial charge >= 0.3 is 0 Å². The monoisotopic (exact) mass is 487 g/mol. The van der Waals surface area contributed by atoms with Crippen molar-refractivity contribution in [3.63, 3.8) is 0 Å². The standard InChI is InChI=1S/C22H22ClN5O2S2/c1-15-5-7-17(8-6-15)24-20(30)21-25-26-22(32-21)31-14-19(29)28-11-9-27(10-12-28)18-4-2-3-16(23)13-18/h2-8,13H,9-12,14H2,1H3,(H,24,30). The second-order valence-corrected chi connectivity index (χ2v) is 9.97. The number of carbonyl (C=O) groups excluding carboxylic acids is 2. The number of thioether (sulfide) groups is 1. The molecular weight excluding hydrogens is 466 g/mol. The van der Waals surface area contributed by atoms with Gasteiger partial charge in [0.1, 0.15) is 0 Å². The summed E-state index contributed by atoms with van der Waals surface area (Å²) in [4.78, 5) is 29.1. The molecule has 1 N–H and O–H groups in total. The van der Waals surface area contributed by atoms with Gasteiger partial charge in [0, 0.05) is 42.6 Å². The second-order valence-electron chi connectivity index (χ2n) is 7.33. The van der Waals surface area contributed by atoms with Gasteiger partial charge < -0.3 is 15.1 Å². The molecule has 1 aliphatic rings. The van der Waals surface area contributed by atoms with Gasteiger partial charge in [-0.3, -0.25) is 9.59 Å². The van der Waals surface area contributed by atoms with Gasteiger partial charge in [0.15, 0.2) is 4.34 Å². The summed E-state index contributed by atoms with van der Waals surface area (Å²) in [5, 5.41) is 11.8. The maximum absolute atomic E-state index is 12.6. The van der Waals surface area contributed by atoms with Crippen molar-refractivity contribution in [1.82, 2.24) is 15.1 Å². The van der Waals surface area contributed by atoms with E-state index in [1.54, 1.807) is 0 Å². The number of nitrogens with zero attached hydrogens (tertiary/aromatic N) is 4. The molecule has 0 unspecified atom stereocenters. The summed E-state index contributed by atoms with van der Waals surface area (Å²) in [7, 11) is 0. The molecule has 0 spiro atoms. The summed E-state index contributed by atoms with van der Waals surface area (Å²) in [6.45, 7) is 4.83. The SMILES string of the molecule is Cc1ccc(NC(=O)c2nnc(SCC(=O)N3CCN(c4cccc(Cl)c4)CC3)s2)cc1. The number of amides is 2. The predicted molar refractivity (Wildman–Crippen MR) is 130 cm³/mol. The van der Waals surface area contributed by atoms with E-state index in [-0.39, 0.29) is 22.6 Å². The Hall–Kier alpha value is -2.62. The van der Waals surface area contributed by atoms with Crippen LogP contribution >= 0.6 is 34.7 Å². The minimum Gasteiger partial charge on any atom is -0.368 e. The first kappa shape index (κ1) is 22.6. The molecule has 1 aromatic heterocycles. The normalized spacial score (nSPS) is 13.8. The van der Waals surface area contributed by atoms with Crippen LogP contribution in [0.15, 0.2) is 52.9 Å². The first-order chi connectivity index (χ1) is 15.5. The van der Waals surface area contributed by atoms with E-state index in [0.717, 1.165) is 24.3 Å². The molecule has 10 heteroatoms. The van der Waals surface area contributed by atoms with Crippen molar-refractivity contribution < 1.29 is 9.59 Å². The average Bonchev–Trinajstić information content (AvgIpc) is 3.28. The van der Waals surface area contributed by atoms with E-state index in [2.05, 4.69) is 20.4 Å². The Kier molecular flexibility index (Phi) is 7.29. The average molecular weight is 488 g/mol. The highest BCUT2D eigenvalue weighted by atomic mass is 35.5. The van der Waals surface area contributed by atoms with E-state index in [1.807, 2.05) is 60.4 Å². The van der Waals surface area contributed by atoms with Crippen molar-refractivity contribution in [3.05, 3.63) is 64.1 Å². The molecule has 7 nitrogen and oxygen atoms in total. The zero-order chi connectivity index (χ0) is 22.5. The maximum atomic E-state index is 12.6. The Morgan fingerprint density at radius 3 is 2.56 bits per heavy atom. The molecule has 166 valence electrons. The molecule has 0 saturated carbocycles. The van der Waals surface area contributed by atoms with E-state index < -0.39 is 0 Å². The van der Waals surface area contributed by atoms with Gasteiger partial charge in [0.2, 0.25) is 10.9 Å². The summed E-state index contributed by atoms with van der Waals surface area (Å²) in [5.41, 5.74) is 2.90. The number of hydrogen-bond acceptors (Lipinski definition) is 7. The molecule has 32 heavy (non-hydrogen) atoms. The van der Waals surface area contributed by atoms with Crippen molar-refractivity contribution in [1.29, 1.82) is 0 Å². The van der Waals surface area contributed by atoms with Crippen LogP contribution in [0.1, 0.15) is 15.4 Å². The van der Waals surface area contributed by atoms with E-state index in [0.29, 0.717) is 28.1 Å². The van der Waals surface area contributed by atoms with Gasteiger partial charge in [0.25, 0.3) is 5.91 Å². The summed E-state index contributed by atoms with van der Waals surface area (Å²) in [6, 6.07) is 15.3. The van der Waals surface area contributed by atoms with Crippen LogP contribution in [0.2, 0.25) is 5.02 Å². The van der Waals surface area contributed by atoms with E-state index in [9.17, 15) is 9.59 Å². The fourth-order valence-corrected chi connectivity index (χ4v) is 5.12. The second kappa shape index (κ2) is 10.3. The number of aromatic nitrogens is 2. The summed E-state index contributed by atoms with van der Waals surface area (Å²) in [6.07, 6.45) is 0. The number of benzene rings is 2. The van der Waals surface area contributed by atoms with E-state index in [1.165, 1.54) is 23.1 Å². The first-order valence-corrected chi connectivity index (χ1v) is 12.3. The summed E-state index contributed by atoms with van der Waals surface area (Å²) < 4.78 is 0.602. The molecule has 3 aromatic rings. The lowest BCUT2D eigenvalue weighted by Crippen LogP contribution is -2.49. The highest BCUT2D eigenvalue weighted by molar-refractivity contribution is 8.01. The Balaban J connectivity index is 1.24. The van der Waals surface area contributed by atoms with Crippen molar-refractivity contribution in [2.75, 3.05) is 42.1 Å². The number of anilines is 2. The highest BCUT2D eigenvalue weighted by Crippen LogP contribution is 2.25. The summed E-state index contributed by atoms with van der Waals surface area (Å²) in [5.74, 6) is 0.0223. The Bertz CT molecular complexity index is 1100. The van der Waals surface area contributed by atoms with Crippen LogP contribution in [0.3, 0.4) is 0 Å². The van der Waals surface area contributed by atoms with Gasteiger partial charge in [-0.05, 0) is 37.3 Å². The molecule has 2 heterocycles. The number of hydrogen-bond donors (Lipinski definition) is 1. The molecule has 1 aliphatic heterocycles. The van der Waals surface area contributed by atoms with Crippen LogP contribution < -0.4 is 10.2 Å². The predicted octanol–water partition coefficient (Wildman–Crippen LogP) is 4.19. The number of nitrogens with one attached hydrogen (secondary N) is 1. The zero-order valence-electron chi connectivity index (χ0n) is 17.5. The number of aryl methyl sites for hydroxylation is 1. The van der Waals surface area contributed by atoms with Gasteiger partial charge in [-0.2, -0.15) is 0 Å². The molecule has 2 aromatic carbocycles. The minimum absolute atomic E-state index is 0.0570. The van der Waals surface area contributed by atoms with E-state index >= 15 is 0 Å². The van der Waals surface area contributed by atoms with E-state index in [4.69, 9.17) is 11.6 Å². The number of halogens is 1. The molecule has 0 radical (unpaired) electrons. The van der Waals surface area contributed by atoms with Crippen molar-refractivity contribution in [3.8, 4) is 0 Å². The third-order valence-electron chi connectivity index (χ3n) is 5.03. The fraction of sp³-hybridized carbons (Fsp3) is 0.273. The smallest absolute Gasteiger partial charge is 0.286 e. The Labute approximate surface area is 199 Å². The van der Waals surface area contributed by atoms with Gasteiger partial charge in [0.05, 0.1) is 5.75 Å². The number of carbonyl (C=O) groups is 2. The molecule has 4 rings (SSSR count). The molecule has 1 fully saturated rings. The molecule has 2 amide bonds. The molecule has 0 bridgehead atoms. The van der Waals surface area contributed by atoms with Crippen LogP contribution in [0.5, 0.6) is 0 Å². The lowest BCUT2D eigenvalue weighted by molar-refractivity contribution is -0.128. The number of piperazine rings is 1. The molecule has 1 saturated heterocycles. The summed E-state index contributed by atoms with van der Waals surface area (Å²) >= 11 is 8.58. The van der Waals surface area contributed by atoms with Crippen LogP contribution in [0, 0.1) is 6.92 Å². The Morgan fingerprint density at radius 2 is 1.84 bits per heavy atom. The number of rotatable bonds is 6. The van der Waals surface area contributed by atoms with Gasteiger partial charge in [-0.25, -0.2) is 0 Å². The highest BCUT2D eigenvalue weighted by Gasteiger charge is 2.22. The van der Waals surface area contributed by atoms with Crippen LogP contribution in [0.25, 0.3) is 0 Å². The molecule has 0 atom stereocenters. The van der Waals surface area contributed by atoms with Crippen molar-refractivity contribution >= 4 is 57.9 Å².